The molecule has 1 aromatic carbocycles. The Kier molecular flexibility index (Phi) is 5.05. The van der Waals surface area contributed by atoms with Gasteiger partial charge in [-0.3, -0.25) is 0 Å². The van der Waals surface area contributed by atoms with Crippen molar-refractivity contribution in [1.82, 2.24) is 5.32 Å². The third-order valence-corrected chi connectivity index (χ3v) is 3.77. The number of aliphatic hydroxyl groups excluding tert-OH is 1. The highest BCUT2D eigenvalue weighted by atomic mass is 16.5. The Bertz CT molecular complexity index is 386. The third-order valence-electron chi connectivity index (χ3n) is 3.77. The topological polar surface area (TPSA) is 50.7 Å². The molecule has 1 fully saturated rings. The molecule has 0 radical (unpaired) electrons. The molecule has 1 aromatic rings. The Morgan fingerprint density at radius 3 is 2.37 bits per heavy atom. The molecule has 0 heterocycles. The summed E-state index contributed by atoms with van der Waals surface area (Å²) in [5.41, 5.74) is 1.13. The predicted molar refractivity (Wildman–Crippen MR) is 74.6 cm³/mol. The van der Waals surface area contributed by atoms with E-state index in [1.807, 2.05) is 18.2 Å². The number of nitrogens with one attached hydrogen (secondary N) is 1. The summed E-state index contributed by atoms with van der Waals surface area (Å²) in [5, 5.41) is 13.2. The molecule has 0 bridgehead atoms. The maximum absolute atomic E-state index is 9.77. The minimum Gasteiger partial charge on any atom is -0.497 e. The lowest BCUT2D eigenvalue weighted by Crippen LogP contribution is -2.27. The molecule has 4 nitrogen and oxygen atoms in total. The van der Waals surface area contributed by atoms with E-state index < -0.39 is 0 Å². The first kappa shape index (κ1) is 14.2. The van der Waals surface area contributed by atoms with E-state index in [1.54, 1.807) is 14.2 Å². The second-order valence-corrected chi connectivity index (χ2v) is 5.11. The number of hydrogen-bond donors (Lipinski definition) is 2. The highest BCUT2D eigenvalue weighted by molar-refractivity contribution is 5.38. The molecule has 0 amide bonds. The van der Waals surface area contributed by atoms with Crippen LogP contribution in [0.25, 0.3) is 0 Å². The second-order valence-electron chi connectivity index (χ2n) is 5.11. The summed E-state index contributed by atoms with van der Waals surface area (Å²) < 4.78 is 10.5. The van der Waals surface area contributed by atoms with E-state index in [2.05, 4.69) is 5.32 Å². The number of methoxy groups -OCH3 is 2. The first-order chi connectivity index (χ1) is 9.22. The van der Waals surface area contributed by atoms with Gasteiger partial charge in [-0.05, 0) is 36.5 Å². The fraction of sp³-hybridized carbons (Fsp3) is 0.600. The number of hydrogen-bond acceptors (Lipinski definition) is 4. The molecule has 4 heteroatoms. The molecule has 0 aliphatic heterocycles. The molecule has 1 aliphatic carbocycles. The minimum atomic E-state index is -0.132. The van der Waals surface area contributed by atoms with Gasteiger partial charge < -0.3 is 19.9 Å². The van der Waals surface area contributed by atoms with Gasteiger partial charge in [-0.15, -0.1) is 0 Å². The van der Waals surface area contributed by atoms with Crippen molar-refractivity contribution in [3.8, 4) is 11.5 Å². The first-order valence-corrected chi connectivity index (χ1v) is 6.83. The first-order valence-electron chi connectivity index (χ1n) is 6.83. The van der Waals surface area contributed by atoms with Crippen molar-refractivity contribution in [1.29, 1.82) is 0 Å². The van der Waals surface area contributed by atoms with Crippen molar-refractivity contribution in [3.63, 3.8) is 0 Å². The van der Waals surface area contributed by atoms with Gasteiger partial charge >= 0.3 is 0 Å². The zero-order chi connectivity index (χ0) is 13.7. The lowest BCUT2D eigenvalue weighted by Gasteiger charge is -2.15. The summed E-state index contributed by atoms with van der Waals surface area (Å²) in [7, 11) is 3.31. The van der Waals surface area contributed by atoms with Crippen LogP contribution >= 0.6 is 0 Å². The third kappa shape index (κ3) is 3.85. The zero-order valence-electron chi connectivity index (χ0n) is 11.7. The Balaban J connectivity index is 1.88. The van der Waals surface area contributed by atoms with Crippen molar-refractivity contribution in [2.75, 3.05) is 20.8 Å². The van der Waals surface area contributed by atoms with Crippen LogP contribution in [0.2, 0.25) is 0 Å². The number of aliphatic hydroxyl groups is 1. The average Bonchev–Trinajstić information content (AvgIpc) is 2.84. The smallest absolute Gasteiger partial charge is 0.122 e. The van der Waals surface area contributed by atoms with Crippen molar-refractivity contribution in [3.05, 3.63) is 23.8 Å². The molecule has 2 rings (SSSR count). The fourth-order valence-electron chi connectivity index (χ4n) is 2.63. The van der Waals surface area contributed by atoms with Crippen LogP contribution < -0.4 is 14.8 Å². The van der Waals surface area contributed by atoms with Crippen LogP contribution in [0.5, 0.6) is 11.5 Å². The van der Waals surface area contributed by atoms with E-state index >= 15 is 0 Å². The van der Waals surface area contributed by atoms with Crippen molar-refractivity contribution >= 4 is 0 Å². The van der Waals surface area contributed by atoms with Gasteiger partial charge in [-0.25, -0.2) is 0 Å². The van der Waals surface area contributed by atoms with Crippen LogP contribution in [-0.4, -0.2) is 32.0 Å². The number of rotatable bonds is 6. The molecular weight excluding hydrogens is 242 g/mol. The molecule has 0 spiro atoms. The van der Waals surface area contributed by atoms with Crippen LogP contribution in [0.15, 0.2) is 18.2 Å². The van der Waals surface area contributed by atoms with Gasteiger partial charge in [-0.2, -0.15) is 0 Å². The van der Waals surface area contributed by atoms with Crippen LogP contribution in [0, 0.1) is 5.92 Å². The molecule has 2 atom stereocenters. The monoisotopic (exact) mass is 265 g/mol. The van der Waals surface area contributed by atoms with Crippen LogP contribution in [0.4, 0.5) is 0 Å². The quantitative estimate of drug-likeness (QED) is 0.825. The van der Waals surface area contributed by atoms with E-state index in [0.29, 0.717) is 5.92 Å². The molecule has 0 aromatic heterocycles. The largest absolute Gasteiger partial charge is 0.497 e. The van der Waals surface area contributed by atoms with E-state index in [9.17, 15) is 5.11 Å². The van der Waals surface area contributed by atoms with Gasteiger partial charge in [0.1, 0.15) is 11.5 Å². The van der Waals surface area contributed by atoms with E-state index in [0.717, 1.165) is 49.4 Å². The second kappa shape index (κ2) is 6.78. The van der Waals surface area contributed by atoms with Gasteiger partial charge in [0.25, 0.3) is 0 Å². The maximum Gasteiger partial charge on any atom is 0.122 e. The van der Waals surface area contributed by atoms with Gasteiger partial charge in [0, 0.05) is 19.2 Å². The molecule has 2 unspecified atom stereocenters. The summed E-state index contributed by atoms with van der Waals surface area (Å²) in [6.45, 7) is 1.62. The van der Waals surface area contributed by atoms with E-state index in [4.69, 9.17) is 9.47 Å². The van der Waals surface area contributed by atoms with Gasteiger partial charge in [0.15, 0.2) is 0 Å². The number of ether oxygens (including phenoxy) is 2. The standard InChI is InChI=1S/C15H23NO3/c1-18-13-6-11(7-14(8-13)19-2)9-16-10-12-4-3-5-15(12)17/h6-8,12,15-17H,3-5,9-10H2,1-2H3. The molecule has 19 heavy (non-hydrogen) atoms. The van der Waals surface area contributed by atoms with Crippen molar-refractivity contribution in [2.24, 2.45) is 5.92 Å². The summed E-state index contributed by atoms with van der Waals surface area (Å²) in [6.07, 6.45) is 3.07. The molecule has 106 valence electrons. The molecule has 1 aliphatic rings. The Morgan fingerprint density at radius 1 is 1.16 bits per heavy atom. The molecular formula is C15H23NO3. The van der Waals surface area contributed by atoms with Gasteiger partial charge in [-0.1, -0.05) is 6.42 Å². The van der Waals surface area contributed by atoms with Crippen LogP contribution in [0.3, 0.4) is 0 Å². The molecule has 0 saturated heterocycles. The van der Waals surface area contributed by atoms with Gasteiger partial charge in [0.2, 0.25) is 0 Å². The van der Waals surface area contributed by atoms with Crippen LogP contribution in [0.1, 0.15) is 24.8 Å². The summed E-state index contributed by atoms with van der Waals surface area (Å²) in [6, 6.07) is 5.87. The normalized spacial score (nSPS) is 22.5. The average molecular weight is 265 g/mol. The van der Waals surface area contributed by atoms with Crippen molar-refractivity contribution in [2.45, 2.75) is 31.9 Å². The Morgan fingerprint density at radius 2 is 1.84 bits per heavy atom. The van der Waals surface area contributed by atoms with E-state index in [1.165, 1.54) is 0 Å². The Hall–Kier alpha value is -1.26. The molecule has 1 saturated carbocycles. The highest BCUT2D eigenvalue weighted by Crippen LogP contribution is 2.25. The van der Waals surface area contributed by atoms with Crippen molar-refractivity contribution < 1.29 is 14.6 Å². The van der Waals surface area contributed by atoms with E-state index in [-0.39, 0.29) is 6.10 Å². The lowest BCUT2D eigenvalue weighted by molar-refractivity contribution is 0.131. The SMILES string of the molecule is COc1cc(CNCC2CCCC2O)cc(OC)c1. The minimum absolute atomic E-state index is 0.132. The van der Waals surface area contributed by atoms with Gasteiger partial charge in [0.05, 0.1) is 20.3 Å². The molecule has 2 N–H and O–H groups in total. The lowest BCUT2D eigenvalue weighted by atomic mass is 10.1. The fourth-order valence-corrected chi connectivity index (χ4v) is 2.63. The van der Waals surface area contributed by atoms with Crippen LogP contribution in [-0.2, 0) is 6.54 Å². The summed E-state index contributed by atoms with van der Waals surface area (Å²) >= 11 is 0. The summed E-state index contributed by atoms with van der Waals surface area (Å²) in [5.74, 6) is 2.00. The zero-order valence-corrected chi connectivity index (χ0v) is 11.7. The highest BCUT2D eigenvalue weighted by Gasteiger charge is 2.24. The predicted octanol–water partition coefficient (Wildman–Crippen LogP) is 1.95. The maximum atomic E-state index is 9.77. The number of benzene rings is 1. The summed E-state index contributed by atoms with van der Waals surface area (Å²) in [4.78, 5) is 0. The Labute approximate surface area is 114 Å².